The average molecular weight is 209 g/mol. The van der Waals surface area contributed by atoms with Crippen LogP contribution in [0.3, 0.4) is 0 Å². The first-order chi connectivity index (χ1) is 6.86. The second kappa shape index (κ2) is 3.96. The van der Waals surface area contributed by atoms with Crippen LogP contribution in [0.1, 0.15) is 27.7 Å². The number of hydrogen-bond acceptors (Lipinski definition) is 3. The topological polar surface area (TPSA) is 54.5 Å². The van der Waals surface area contributed by atoms with Gasteiger partial charge in [-0.2, -0.15) is 0 Å². The Balaban J connectivity index is 2.81. The smallest absolute Gasteiger partial charge is 0.257 e. The molecule has 1 aliphatic heterocycles. The summed E-state index contributed by atoms with van der Waals surface area (Å²) in [7, 11) is 0. The Hall–Kier alpha value is -1.45. The molecule has 0 atom stereocenters. The number of rotatable bonds is 3. The lowest BCUT2D eigenvalue weighted by Crippen LogP contribution is -2.37. The Bertz CT molecular complexity index is 342. The summed E-state index contributed by atoms with van der Waals surface area (Å²) in [6.45, 7) is 6.61. The number of nitrogens with zero attached hydrogens (tertiary/aromatic N) is 1. The van der Waals surface area contributed by atoms with Crippen molar-refractivity contribution in [3.63, 3.8) is 0 Å². The molecule has 4 nitrogen and oxygen atoms in total. The second-order valence-electron chi connectivity index (χ2n) is 4.07. The molecule has 0 saturated heterocycles. The minimum absolute atomic E-state index is 0.0980. The van der Waals surface area contributed by atoms with E-state index < -0.39 is 0 Å². The van der Waals surface area contributed by atoms with Gasteiger partial charge in [0, 0.05) is 17.1 Å². The maximum atomic E-state index is 11.6. The molecule has 4 heteroatoms. The van der Waals surface area contributed by atoms with Gasteiger partial charge in [-0.15, -0.1) is 0 Å². The Labute approximate surface area is 88.9 Å². The van der Waals surface area contributed by atoms with E-state index in [0.29, 0.717) is 11.1 Å². The predicted octanol–water partition coefficient (Wildman–Crippen LogP) is 0.917. The maximum Gasteiger partial charge on any atom is 0.257 e. The largest absolute Gasteiger partial charge is 0.297 e. The first-order valence-corrected chi connectivity index (χ1v) is 4.92. The van der Waals surface area contributed by atoms with E-state index in [0.717, 1.165) is 4.90 Å². The van der Waals surface area contributed by atoms with Crippen molar-refractivity contribution in [2.24, 2.45) is 5.92 Å². The van der Waals surface area contributed by atoms with Crippen molar-refractivity contribution in [1.29, 1.82) is 0 Å². The molecule has 0 bridgehead atoms. The molecule has 0 aromatic rings. The number of carbonyl (C=O) groups is 3. The highest BCUT2D eigenvalue weighted by Gasteiger charge is 2.34. The first-order valence-electron chi connectivity index (χ1n) is 4.92. The monoisotopic (exact) mass is 209 g/mol. The van der Waals surface area contributed by atoms with E-state index >= 15 is 0 Å². The van der Waals surface area contributed by atoms with Gasteiger partial charge in [0.2, 0.25) is 0 Å². The van der Waals surface area contributed by atoms with Gasteiger partial charge in [0.1, 0.15) is 0 Å². The van der Waals surface area contributed by atoms with Crippen LogP contribution in [0.25, 0.3) is 0 Å². The molecule has 1 heterocycles. The molecule has 82 valence electrons. The quantitative estimate of drug-likeness (QED) is 0.649. The molecule has 0 saturated carbocycles. The number of carbonyl (C=O) groups excluding carboxylic acids is 3. The minimum Gasteiger partial charge on any atom is -0.297 e. The maximum absolute atomic E-state index is 11.6. The fourth-order valence-electron chi connectivity index (χ4n) is 1.30. The summed E-state index contributed by atoms with van der Waals surface area (Å²) in [6.07, 6.45) is 0. The fraction of sp³-hybridized carbons (Fsp3) is 0.545. The van der Waals surface area contributed by atoms with E-state index in [2.05, 4.69) is 0 Å². The summed E-state index contributed by atoms with van der Waals surface area (Å²) in [5.74, 6) is -0.941. The second-order valence-corrected chi connectivity index (χ2v) is 4.07. The van der Waals surface area contributed by atoms with E-state index in [1.54, 1.807) is 27.7 Å². The molecule has 0 fully saturated rings. The van der Waals surface area contributed by atoms with E-state index in [1.165, 1.54) is 0 Å². The van der Waals surface area contributed by atoms with Crippen molar-refractivity contribution >= 4 is 17.6 Å². The molecular weight excluding hydrogens is 194 g/mol. The zero-order valence-corrected chi connectivity index (χ0v) is 9.46. The van der Waals surface area contributed by atoms with Gasteiger partial charge in [-0.25, -0.2) is 0 Å². The normalized spacial score (nSPS) is 17.0. The summed E-state index contributed by atoms with van der Waals surface area (Å²) in [6, 6.07) is 0. The molecule has 0 aliphatic carbocycles. The summed E-state index contributed by atoms with van der Waals surface area (Å²) < 4.78 is 0. The predicted molar refractivity (Wildman–Crippen MR) is 54.9 cm³/mol. The van der Waals surface area contributed by atoms with Crippen LogP contribution < -0.4 is 0 Å². The Kier molecular flexibility index (Phi) is 3.07. The van der Waals surface area contributed by atoms with Gasteiger partial charge in [0.05, 0.1) is 6.54 Å². The van der Waals surface area contributed by atoms with E-state index in [9.17, 15) is 14.4 Å². The number of amides is 2. The molecule has 0 N–H and O–H groups in total. The van der Waals surface area contributed by atoms with Crippen LogP contribution in [0.4, 0.5) is 0 Å². The Morgan fingerprint density at radius 2 is 1.53 bits per heavy atom. The highest BCUT2D eigenvalue weighted by molar-refractivity contribution is 6.20. The molecule has 0 spiro atoms. The van der Waals surface area contributed by atoms with Gasteiger partial charge in [-0.05, 0) is 13.8 Å². The third-order valence-corrected chi connectivity index (χ3v) is 2.65. The molecular formula is C11H15NO3. The molecule has 1 aliphatic rings. The summed E-state index contributed by atoms with van der Waals surface area (Å²) in [5, 5.41) is 0. The van der Waals surface area contributed by atoms with Crippen LogP contribution in [0.2, 0.25) is 0 Å². The zero-order chi connectivity index (χ0) is 11.7. The van der Waals surface area contributed by atoms with E-state index in [-0.39, 0.29) is 30.1 Å². The lowest BCUT2D eigenvalue weighted by atomic mass is 10.1. The SMILES string of the molecule is CC1=C(C)C(=O)N(CC(=O)C(C)C)C1=O. The summed E-state index contributed by atoms with van der Waals surface area (Å²) >= 11 is 0. The minimum atomic E-state index is -0.341. The van der Waals surface area contributed by atoms with Crippen LogP contribution >= 0.6 is 0 Å². The van der Waals surface area contributed by atoms with Crippen LogP contribution in [0, 0.1) is 5.92 Å². The fourth-order valence-corrected chi connectivity index (χ4v) is 1.30. The summed E-state index contributed by atoms with van der Waals surface area (Å²) in [5.41, 5.74) is 0.883. The number of Topliss-reactive ketones (excluding diaryl/α,β-unsaturated/α-hetero) is 1. The van der Waals surface area contributed by atoms with Crippen LogP contribution in [0.5, 0.6) is 0 Å². The standard InChI is InChI=1S/C11H15NO3/c1-6(2)9(13)5-12-10(14)7(3)8(4)11(12)15/h6H,5H2,1-4H3. The van der Waals surface area contributed by atoms with Crippen molar-refractivity contribution in [2.75, 3.05) is 6.54 Å². The lowest BCUT2D eigenvalue weighted by molar-refractivity contribution is -0.141. The average Bonchev–Trinajstić information content (AvgIpc) is 2.35. The van der Waals surface area contributed by atoms with Crippen molar-refractivity contribution in [2.45, 2.75) is 27.7 Å². The van der Waals surface area contributed by atoms with Gasteiger partial charge in [-0.1, -0.05) is 13.8 Å². The molecule has 0 aromatic heterocycles. The number of hydrogen-bond donors (Lipinski definition) is 0. The van der Waals surface area contributed by atoms with Gasteiger partial charge in [-0.3, -0.25) is 19.3 Å². The van der Waals surface area contributed by atoms with Crippen molar-refractivity contribution < 1.29 is 14.4 Å². The van der Waals surface area contributed by atoms with Gasteiger partial charge in [0.25, 0.3) is 11.8 Å². The number of ketones is 1. The van der Waals surface area contributed by atoms with Crippen molar-refractivity contribution in [3.8, 4) is 0 Å². The van der Waals surface area contributed by atoms with Gasteiger partial charge < -0.3 is 0 Å². The first kappa shape index (κ1) is 11.6. The van der Waals surface area contributed by atoms with E-state index in [1.807, 2.05) is 0 Å². The highest BCUT2D eigenvalue weighted by Crippen LogP contribution is 2.19. The van der Waals surface area contributed by atoms with Crippen LogP contribution in [-0.4, -0.2) is 29.0 Å². The summed E-state index contributed by atoms with van der Waals surface area (Å²) in [4.78, 5) is 35.6. The number of imide groups is 1. The van der Waals surface area contributed by atoms with Crippen LogP contribution in [-0.2, 0) is 14.4 Å². The lowest BCUT2D eigenvalue weighted by Gasteiger charge is -2.14. The molecule has 15 heavy (non-hydrogen) atoms. The Morgan fingerprint density at radius 1 is 1.13 bits per heavy atom. The van der Waals surface area contributed by atoms with Crippen LogP contribution in [0.15, 0.2) is 11.1 Å². The molecule has 0 unspecified atom stereocenters. The zero-order valence-electron chi connectivity index (χ0n) is 9.46. The molecule has 2 amide bonds. The van der Waals surface area contributed by atoms with E-state index in [4.69, 9.17) is 0 Å². The van der Waals surface area contributed by atoms with Crippen molar-refractivity contribution in [1.82, 2.24) is 4.90 Å². The molecule has 0 radical (unpaired) electrons. The third-order valence-electron chi connectivity index (χ3n) is 2.65. The van der Waals surface area contributed by atoms with Gasteiger partial charge >= 0.3 is 0 Å². The highest BCUT2D eigenvalue weighted by atomic mass is 16.2. The van der Waals surface area contributed by atoms with Gasteiger partial charge in [0.15, 0.2) is 5.78 Å². The Morgan fingerprint density at radius 3 is 1.87 bits per heavy atom. The van der Waals surface area contributed by atoms with Crippen molar-refractivity contribution in [3.05, 3.63) is 11.1 Å². The molecule has 1 rings (SSSR count). The third kappa shape index (κ3) is 1.98. The molecule has 0 aromatic carbocycles.